The molecule has 2 N–H and O–H groups in total. The largest absolute Gasteiger partial charge is 1.00 e. The van der Waals surface area contributed by atoms with Crippen molar-refractivity contribution in [2.24, 2.45) is 0 Å². The van der Waals surface area contributed by atoms with Crippen LogP contribution in [0.1, 0.15) is 16.1 Å². The van der Waals surface area contributed by atoms with Crippen LogP contribution in [0.3, 0.4) is 0 Å². The minimum absolute atomic E-state index is 0. The van der Waals surface area contributed by atoms with Gasteiger partial charge in [0.1, 0.15) is 5.15 Å². The van der Waals surface area contributed by atoms with Crippen molar-refractivity contribution in [2.75, 3.05) is 5.32 Å². The minimum atomic E-state index is -0.312. The molecule has 7 heteroatoms. The topological polar surface area (TPSA) is 56.1 Å². The fraction of sp³-hybridized carbons (Fsp3) is 0.0833. The Bertz CT molecular complexity index is 570. The van der Waals surface area contributed by atoms with Gasteiger partial charge < -0.3 is 29.3 Å². The van der Waals surface area contributed by atoms with E-state index in [4.69, 9.17) is 23.2 Å². The van der Waals surface area contributed by atoms with E-state index < -0.39 is 0 Å². The number of rotatable bonds is 2. The number of nitrogens with zero attached hydrogens (tertiary/aromatic N) is 1. The summed E-state index contributed by atoms with van der Waals surface area (Å²) in [4.78, 5) is 19.0. The molecule has 2 rings (SSSR count). The molecule has 0 aliphatic carbocycles. The van der Waals surface area contributed by atoms with Crippen LogP contribution in [-0.4, -0.2) is 10.9 Å². The second kappa shape index (κ2) is 7.02. The van der Waals surface area contributed by atoms with Gasteiger partial charge in [0.2, 0.25) is 0 Å². The van der Waals surface area contributed by atoms with Gasteiger partial charge in [-0.2, -0.15) is 0 Å². The summed E-state index contributed by atoms with van der Waals surface area (Å²) in [5.41, 5.74) is 1.49. The number of aromatic amines is 1. The van der Waals surface area contributed by atoms with E-state index >= 15 is 0 Å². The highest BCUT2D eigenvalue weighted by Gasteiger charge is 2.16. The van der Waals surface area contributed by atoms with Crippen LogP contribution in [0.2, 0.25) is 10.2 Å². The van der Waals surface area contributed by atoms with Gasteiger partial charge in [0.05, 0.1) is 22.0 Å². The molecule has 1 amide bonds. The van der Waals surface area contributed by atoms with Gasteiger partial charge in [-0.1, -0.05) is 23.2 Å². The Labute approximate surface area is 137 Å². The number of hydrogen-bond acceptors (Lipinski definition) is 2. The smallest absolute Gasteiger partial charge is 0.259 e. The Morgan fingerprint density at radius 3 is 2.53 bits per heavy atom. The molecular weight excluding hydrogens is 400 g/mol. The van der Waals surface area contributed by atoms with E-state index in [9.17, 15) is 4.79 Å². The predicted octanol–water partition coefficient (Wildman–Crippen LogP) is -0.233. The summed E-state index contributed by atoms with van der Waals surface area (Å²) >= 11 is 11.8. The molecule has 0 atom stereocenters. The van der Waals surface area contributed by atoms with Crippen LogP contribution in [0.5, 0.6) is 0 Å². The molecule has 0 aliphatic rings. The Hall–Kier alpha value is -0.920. The maximum atomic E-state index is 12.1. The summed E-state index contributed by atoms with van der Waals surface area (Å²) in [6.45, 7) is 1.69. The van der Waals surface area contributed by atoms with E-state index in [1.165, 1.54) is 6.07 Å². The SMILES string of the molecule is Cc1nc(Cl)cc(Cl)c1C(=O)Nc1cc[nH+]cc1.[I-]. The van der Waals surface area contributed by atoms with Gasteiger partial charge in [0.15, 0.2) is 12.4 Å². The van der Waals surface area contributed by atoms with Gasteiger partial charge in [0, 0.05) is 12.1 Å². The monoisotopic (exact) mass is 409 g/mol. The van der Waals surface area contributed by atoms with Crippen LogP contribution in [0.25, 0.3) is 0 Å². The molecule has 2 aromatic heterocycles. The van der Waals surface area contributed by atoms with Crippen LogP contribution in [0, 0.1) is 6.92 Å². The fourth-order valence-electron chi connectivity index (χ4n) is 1.53. The number of halogens is 3. The van der Waals surface area contributed by atoms with Crippen LogP contribution in [0.15, 0.2) is 30.6 Å². The normalized spacial score (nSPS) is 9.63. The molecule has 0 saturated heterocycles. The van der Waals surface area contributed by atoms with Crippen molar-refractivity contribution < 1.29 is 33.8 Å². The zero-order valence-corrected chi connectivity index (χ0v) is 13.5. The highest BCUT2D eigenvalue weighted by molar-refractivity contribution is 6.36. The van der Waals surface area contributed by atoms with Gasteiger partial charge in [-0.05, 0) is 13.0 Å². The fourth-order valence-corrected chi connectivity index (χ4v) is 2.15. The molecule has 2 aromatic rings. The lowest BCUT2D eigenvalue weighted by Gasteiger charge is -2.08. The third-order valence-corrected chi connectivity index (χ3v) is 2.82. The molecular formula is C12H10Cl2IN3O. The maximum absolute atomic E-state index is 12.1. The molecule has 19 heavy (non-hydrogen) atoms. The lowest BCUT2D eigenvalue weighted by atomic mass is 10.2. The number of aromatic nitrogens is 2. The summed E-state index contributed by atoms with van der Waals surface area (Å²) in [5, 5.41) is 3.28. The van der Waals surface area contributed by atoms with E-state index in [0.29, 0.717) is 16.9 Å². The molecule has 0 bridgehead atoms. The first kappa shape index (κ1) is 16.1. The summed E-state index contributed by atoms with van der Waals surface area (Å²) < 4.78 is 0. The van der Waals surface area contributed by atoms with Crippen LogP contribution < -0.4 is 34.3 Å². The number of nitrogens with one attached hydrogen (secondary N) is 2. The second-order valence-electron chi connectivity index (χ2n) is 3.63. The predicted molar refractivity (Wildman–Crippen MR) is 69.9 cm³/mol. The molecule has 0 radical (unpaired) electrons. The van der Waals surface area contributed by atoms with Crippen molar-refractivity contribution in [1.29, 1.82) is 0 Å². The van der Waals surface area contributed by atoms with Crippen LogP contribution >= 0.6 is 23.2 Å². The van der Waals surface area contributed by atoms with Gasteiger partial charge in [-0.15, -0.1) is 0 Å². The number of H-pyrrole nitrogens is 1. The highest BCUT2D eigenvalue weighted by Crippen LogP contribution is 2.23. The van der Waals surface area contributed by atoms with Crippen molar-refractivity contribution >= 4 is 34.8 Å². The average molecular weight is 410 g/mol. The number of hydrogen-bond donors (Lipinski definition) is 1. The third-order valence-electron chi connectivity index (χ3n) is 2.32. The van der Waals surface area contributed by atoms with E-state index in [1.807, 2.05) is 0 Å². The second-order valence-corrected chi connectivity index (χ2v) is 4.42. The van der Waals surface area contributed by atoms with Crippen molar-refractivity contribution in [3.8, 4) is 0 Å². The number of carbonyl (C=O) groups is 1. The first-order valence-electron chi connectivity index (χ1n) is 5.18. The lowest BCUT2D eigenvalue weighted by molar-refractivity contribution is -0.377. The molecule has 0 fully saturated rings. The average Bonchev–Trinajstić information content (AvgIpc) is 2.28. The number of aryl methyl sites for hydroxylation is 1. The molecule has 0 aromatic carbocycles. The molecule has 0 unspecified atom stereocenters. The van der Waals surface area contributed by atoms with Crippen molar-refractivity contribution in [2.45, 2.75) is 6.92 Å². The van der Waals surface area contributed by atoms with Crippen LogP contribution in [-0.2, 0) is 0 Å². The van der Waals surface area contributed by atoms with E-state index in [2.05, 4.69) is 15.3 Å². The van der Waals surface area contributed by atoms with E-state index in [-0.39, 0.29) is 40.1 Å². The molecule has 4 nitrogen and oxygen atoms in total. The van der Waals surface area contributed by atoms with E-state index in [1.54, 1.807) is 31.5 Å². The van der Waals surface area contributed by atoms with Gasteiger partial charge in [-0.3, -0.25) is 4.79 Å². The Morgan fingerprint density at radius 2 is 1.95 bits per heavy atom. The third kappa shape index (κ3) is 4.02. The quantitative estimate of drug-likeness (QED) is 0.550. The standard InChI is InChI=1S/C12H9Cl2N3O.HI/c1-7-11(9(13)6-10(14)16-7)12(18)17-8-2-4-15-5-3-8;/h2-6H,1H3,(H,15,17,18);1H. The number of amides is 1. The first-order valence-corrected chi connectivity index (χ1v) is 5.93. The molecule has 100 valence electrons. The summed E-state index contributed by atoms with van der Waals surface area (Å²) in [5.74, 6) is -0.312. The van der Waals surface area contributed by atoms with E-state index in [0.717, 1.165) is 0 Å². The number of pyridine rings is 2. The van der Waals surface area contributed by atoms with Crippen molar-refractivity contribution in [1.82, 2.24) is 4.98 Å². The Balaban J connectivity index is 0.00000180. The highest BCUT2D eigenvalue weighted by atomic mass is 127. The zero-order chi connectivity index (χ0) is 13.1. The summed E-state index contributed by atoms with van der Waals surface area (Å²) in [6, 6.07) is 4.93. The minimum Gasteiger partial charge on any atom is -1.00 e. The zero-order valence-electron chi connectivity index (χ0n) is 9.88. The van der Waals surface area contributed by atoms with Crippen LogP contribution in [0.4, 0.5) is 5.69 Å². The van der Waals surface area contributed by atoms with Gasteiger partial charge in [-0.25, -0.2) is 9.97 Å². The number of anilines is 1. The molecule has 0 aliphatic heterocycles. The molecule has 2 heterocycles. The number of carbonyl (C=O) groups excluding carboxylic acids is 1. The maximum Gasteiger partial charge on any atom is 0.259 e. The van der Waals surface area contributed by atoms with Gasteiger partial charge in [0.25, 0.3) is 5.91 Å². The van der Waals surface area contributed by atoms with Gasteiger partial charge >= 0.3 is 0 Å². The molecule has 0 saturated carbocycles. The van der Waals surface area contributed by atoms with Crippen molar-refractivity contribution in [3.05, 3.63) is 52.0 Å². The Kier molecular flexibility index (Phi) is 5.96. The van der Waals surface area contributed by atoms with Crippen molar-refractivity contribution in [3.63, 3.8) is 0 Å². The Morgan fingerprint density at radius 1 is 1.32 bits per heavy atom. The molecule has 0 spiro atoms. The summed E-state index contributed by atoms with van der Waals surface area (Å²) in [7, 11) is 0. The first-order chi connectivity index (χ1) is 8.58. The summed E-state index contributed by atoms with van der Waals surface area (Å²) in [6.07, 6.45) is 3.42. The lowest BCUT2D eigenvalue weighted by Crippen LogP contribution is -3.00.